The van der Waals surface area contributed by atoms with Gasteiger partial charge in [-0.15, -0.1) is 10.2 Å². The van der Waals surface area contributed by atoms with E-state index in [1.807, 2.05) is 61.8 Å². The highest BCUT2D eigenvalue weighted by atomic mass is 79.9. The van der Waals surface area contributed by atoms with E-state index >= 15 is 0 Å². The van der Waals surface area contributed by atoms with E-state index < -0.39 is 0 Å². The molecule has 0 aliphatic rings. The number of nitrogens with zero attached hydrogens (tertiary/aromatic N) is 16. The maximum Gasteiger partial charge on any atom is 0.221 e. The van der Waals surface area contributed by atoms with Gasteiger partial charge in [-0.25, -0.2) is 49.2 Å². The van der Waals surface area contributed by atoms with Gasteiger partial charge in [0.05, 0.1) is 46.3 Å². The Morgan fingerprint density at radius 3 is 1.62 bits per heavy atom. The minimum atomic E-state index is 0.505. The van der Waals surface area contributed by atoms with Gasteiger partial charge in [0.1, 0.15) is 4.60 Å². The maximum atomic E-state index is 4.70. The molecule has 7 aromatic heterocycles. The molecule has 9 aromatic rings. The molecule has 0 N–H and O–H groups in total. The highest BCUT2D eigenvalue weighted by molar-refractivity contribution is 9.11. The number of rotatable bonds is 7. The fourth-order valence-corrected chi connectivity index (χ4v) is 5.96. The van der Waals surface area contributed by atoms with Gasteiger partial charge in [0, 0.05) is 54.7 Å². The van der Waals surface area contributed by atoms with Gasteiger partial charge in [-0.1, -0.05) is 46.8 Å². The Hall–Kier alpha value is -5.79. The van der Waals surface area contributed by atoms with Gasteiger partial charge in [-0.3, -0.25) is 4.68 Å². The van der Waals surface area contributed by atoms with Crippen molar-refractivity contribution in [2.75, 3.05) is 0 Å². The second kappa shape index (κ2) is 15.1. The summed E-state index contributed by atoms with van der Waals surface area (Å²) in [6.07, 6.45) is 13.9. The largest absolute Gasteiger partial charge is 0.275 e. The van der Waals surface area contributed by atoms with E-state index in [-0.39, 0.29) is 0 Å². The topological polar surface area (TPSA) is 182 Å². The summed E-state index contributed by atoms with van der Waals surface area (Å²) < 4.78 is 7.52. The van der Waals surface area contributed by atoms with Gasteiger partial charge in [0.15, 0.2) is 22.9 Å². The molecule has 0 saturated carbocycles. The minimum absolute atomic E-state index is 0.505. The predicted octanol–water partition coefficient (Wildman–Crippen LogP) is 6.14. The van der Waals surface area contributed by atoms with Crippen molar-refractivity contribution in [2.45, 2.75) is 13.1 Å². The number of aromatic nitrogens is 16. The molecule has 7 heterocycles. The average molecular weight is 895 g/mol. The summed E-state index contributed by atoms with van der Waals surface area (Å²) >= 11 is 10.0. The van der Waals surface area contributed by atoms with Gasteiger partial charge >= 0.3 is 0 Å². The van der Waals surface area contributed by atoms with E-state index in [0.717, 1.165) is 42.5 Å². The van der Waals surface area contributed by atoms with Gasteiger partial charge in [0.25, 0.3) is 0 Å². The van der Waals surface area contributed by atoms with Crippen LogP contribution in [0, 0.1) is 0 Å². The normalized spacial score (nSPS) is 11.2. The van der Waals surface area contributed by atoms with Crippen LogP contribution in [0.3, 0.4) is 0 Å². The molecule has 0 saturated heterocycles. The molecule has 0 bridgehead atoms. The van der Waals surface area contributed by atoms with Crippen LogP contribution in [0.1, 0.15) is 11.1 Å². The summed E-state index contributed by atoms with van der Waals surface area (Å²) in [5.41, 5.74) is 7.86. The predicted molar refractivity (Wildman–Crippen MR) is 205 cm³/mol. The first-order valence-electron chi connectivity index (χ1n) is 15.8. The van der Waals surface area contributed by atoms with Crippen molar-refractivity contribution in [2.24, 2.45) is 7.05 Å². The Balaban J connectivity index is 0.000000154. The lowest BCUT2D eigenvalue weighted by atomic mass is 10.1. The first kappa shape index (κ1) is 34.3. The van der Waals surface area contributed by atoms with Gasteiger partial charge in [-0.05, 0) is 71.0 Å². The summed E-state index contributed by atoms with van der Waals surface area (Å²) in [4.78, 5) is 35.0. The number of hydrogen-bond donors (Lipinski definition) is 0. The fraction of sp³-hybridized carbons (Fsp3) is 0.0882. The van der Waals surface area contributed by atoms with Gasteiger partial charge < -0.3 is 0 Å². The zero-order valence-corrected chi connectivity index (χ0v) is 32.2. The van der Waals surface area contributed by atoms with Crippen LogP contribution < -0.4 is 0 Å². The quantitative estimate of drug-likeness (QED) is 0.178. The van der Waals surface area contributed by atoms with Crippen molar-refractivity contribution in [1.82, 2.24) is 79.6 Å². The van der Waals surface area contributed by atoms with Gasteiger partial charge in [-0.2, -0.15) is 5.10 Å². The molecule has 0 amide bonds. The highest BCUT2D eigenvalue weighted by Gasteiger charge is 2.13. The fourth-order valence-electron chi connectivity index (χ4n) is 5.28. The molecule has 0 atom stereocenters. The lowest BCUT2D eigenvalue weighted by Gasteiger charge is -2.05. The number of halogens is 3. The summed E-state index contributed by atoms with van der Waals surface area (Å²) in [5.74, 6) is 1.34. The summed E-state index contributed by atoms with van der Waals surface area (Å²) in [7, 11) is 1.86. The van der Waals surface area contributed by atoms with Crippen LogP contribution in [0.4, 0.5) is 0 Å². The SMILES string of the molecule is Brc1cnc(-c2cccc(Cn3nnc4ncc(Br)nc43)c2)nc1.Cn1cc(-c2cnc3nnn(Cc4cccc(-c5ncc(Br)cn5)c4)c3n2)cn1. The van der Waals surface area contributed by atoms with Crippen molar-refractivity contribution in [3.05, 3.63) is 123 Å². The minimum Gasteiger partial charge on any atom is -0.275 e. The summed E-state index contributed by atoms with van der Waals surface area (Å²) in [5, 5.41) is 20.7. The number of fused-ring (bicyclic) bond motifs is 2. The first-order chi connectivity index (χ1) is 25.8. The Morgan fingerprint density at radius 1 is 0.566 bits per heavy atom. The van der Waals surface area contributed by atoms with Crippen LogP contribution in [0.15, 0.2) is 112 Å². The molecule has 0 unspecified atom stereocenters. The molecule has 0 spiro atoms. The zero-order valence-electron chi connectivity index (χ0n) is 27.4. The Kier molecular flexibility index (Phi) is 9.74. The summed E-state index contributed by atoms with van der Waals surface area (Å²) in [6, 6.07) is 16.0. The van der Waals surface area contributed by atoms with E-state index in [4.69, 9.17) is 4.98 Å². The highest BCUT2D eigenvalue weighted by Crippen LogP contribution is 2.22. The Bertz CT molecular complexity index is 2690. The lowest BCUT2D eigenvalue weighted by Crippen LogP contribution is -2.04. The molecule has 0 radical (unpaired) electrons. The van der Waals surface area contributed by atoms with Crippen molar-refractivity contribution in [3.8, 4) is 34.0 Å². The smallest absolute Gasteiger partial charge is 0.221 e. The Morgan fingerprint density at radius 2 is 1.09 bits per heavy atom. The third kappa shape index (κ3) is 7.86. The second-order valence-corrected chi connectivity index (χ2v) is 14.1. The lowest BCUT2D eigenvalue weighted by molar-refractivity contribution is 0.664. The molecule has 0 aliphatic heterocycles. The molecule has 0 fully saturated rings. The van der Waals surface area contributed by atoms with E-state index in [1.54, 1.807) is 57.4 Å². The van der Waals surface area contributed by atoms with Crippen LogP contribution in [-0.2, 0) is 20.1 Å². The van der Waals surface area contributed by atoms with Gasteiger partial charge in [0.2, 0.25) is 11.3 Å². The second-order valence-electron chi connectivity index (χ2n) is 11.5. The van der Waals surface area contributed by atoms with E-state index in [1.165, 1.54) is 0 Å². The van der Waals surface area contributed by atoms with Crippen molar-refractivity contribution >= 4 is 70.4 Å². The van der Waals surface area contributed by atoms with Crippen LogP contribution in [0.5, 0.6) is 0 Å². The molecule has 2 aromatic carbocycles. The average Bonchev–Trinajstić information content (AvgIpc) is 3.91. The monoisotopic (exact) mass is 892 g/mol. The number of benzene rings is 2. The third-order valence-electron chi connectivity index (χ3n) is 7.70. The number of aryl methyl sites for hydroxylation is 1. The van der Waals surface area contributed by atoms with E-state index in [2.05, 4.69) is 108 Å². The van der Waals surface area contributed by atoms with Crippen LogP contribution in [0.25, 0.3) is 56.6 Å². The van der Waals surface area contributed by atoms with E-state index in [0.29, 0.717) is 51.9 Å². The molecule has 19 heteroatoms. The molecule has 53 heavy (non-hydrogen) atoms. The Labute approximate surface area is 325 Å². The zero-order chi connectivity index (χ0) is 36.3. The third-order valence-corrected chi connectivity index (χ3v) is 8.90. The summed E-state index contributed by atoms with van der Waals surface area (Å²) in [6.45, 7) is 1.04. The van der Waals surface area contributed by atoms with Crippen molar-refractivity contribution in [3.63, 3.8) is 0 Å². The molecule has 9 rings (SSSR count). The van der Waals surface area contributed by atoms with Crippen molar-refractivity contribution in [1.29, 1.82) is 0 Å². The number of hydrogen-bond acceptors (Lipinski definition) is 13. The van der Waals surface area contributed by atoms with E-state index in [9.17, 15) is 0 Å². The first-order valence-corrected chi connectivity index (χ1v) is 18.1. The molecule has 260 valence electrons. The molecule has 16 nitrogen and oxygen atoms in total. The van der Waals surface area contributed by atoms with Crippen LogP contribution in [-0.4, -0.2) is 79.6 Å². The molecular formula is C34H23Br3N16. The standard InChI is InChI=1S/C19H14BrN9.C15H9Br2N7/c1-28-11-14(6-24-28)16-9-23-18-19(25-16)29(27-26-18)10-12-3-2-4-13(5-12)17-21-7-15(20)8-22-17;16-11-5-18-13(19-6-11)10-3-1-2-9(4-10)8-24-15-14(22-23-24)20-7-12(17)21-15/h2-9,11H,10H2,1H3;1-7H,8H2. The van der Waals surface area contributed by atoms with Crippen LogP contribution >= 0.6 is 47.8 Å². The van der Waals surface area contributed by atoms with Crippen molar-refractivity contribution < 1.29 is 0 Å². The maximum absolute atomic E-state index is 4.70. The molecular weight excluding hydrogens is 872 g/mol. The molecule has 0 aliphatic carbocycles. The van der Waals surface area contributed by atoms with Crippen LogP contribution in [0.2, 0.25) is 0 Å².